The highest BCUT2D eigenvalue weighted by Crippen LogP contribution is 2.38. The lowest BCUT2D eigenvalue weighted by atomic mass is 10.0. The van der Waals surface area contributed by atoms with Crippen molar-refractivity contribution in [3.05, 3.63) is 66.7 Å². The van der Waals surface area contributed by atoms with Crippen LogP contribution in [0.4, 0.5) is 13.2 Å². The van der Waals surface area contributed by atoms with Gasteiger partial charge in [0, 0.05) is 65.0 Å². The van der Waals surface area contributed by atoms with Crippen molar-refractivity contribution in [2.45, 2.75) is 12.5 Å². The van der Waals surface area contributed by atoms with Crippen molar-refractivity contribution in [2.75, 3.05) is 7.05 Å². The number of aromatic amines is 1. The number of nitrogens with zero attached hydrogens (tertiary/aromatic N) is 2. The third-order valence-electron chi connectivity index (χ3n) is 4.84. The highest BCUT2D eigenvalue weighted by Gasteiger charge is 2.32. The largest absolute Gasteiger partial charge is 0.573 e. The molecule has 0 bridgehead atoms. The number of nitrogens with one attached hydrogen (secondary N) is 2. The van der Waals surface area contributed by atoms with E-state index in [1.807, 2.05) is 0 Å². The third-order valence-corrected chi connectivity index (χ3v) is 4.84. The molecule has 3 heterocycles. The maximum Gasteiger partial charge on any atom is 0.573 e. The number of alkyl halides is 3. The van der Waals surface area contributed by atoms with E-state index in [0.29, 0.717) is 33.3 Å². The quantitative estimate of drug-likeness (QED) is 0.434. The number of hydrogen-bond donors (Lipinski definition) is 3. The molecule has 164 valence electrons. The first-order valence-electron chi connectivity index (χ1n) is 9.44. The third kappa shape index (κ3) is 4.26. The van der Waals surface area contributed by atoms with Gasteiger partial charge in [-0.15, -0.1) is 13.2 Å². The van der Waals surface area contributed by atoms with Gasteiger partial charge < -0.3 is 20.1 Å². The van der Waals surface area contributed by atoms with Gasteiger partial charge in [-0.3, -0.25) is 9.78 Å². The SMILES string of the molecule is CNC(=O)C(O)c1cncc(-c2cnc3[nH]cc(-c4ccccc4OC(F)(F)F)c3c2)c1. The second kappa shape index (κ2) is 8.31. The van der Waals surface area contributed by atoms with E-state index in [-0.39, 0.29) is 11.3 Å². The fourth-order valence-electron chi connectivity index (χ4n) is 3.34. The van der Waals surface area contributed by atoms with Crippen LogP contribution in [0.5, 0.6) is 5.75 Å². The molecule has 4 aromatic rings. The number of aliphatic hydroxyl groups excluding tert-OH is 1. The van der Waals surface area contributed by atoms with E-state index in [0.717, 1.165) is 0 Å². The number of pyridine rings is 2. The number of para-hydroxylation sites is 1. The minimum Gasteiger partial charge on any atom is -0.405 e. The topological polar surface area (TPSA) is 100 Å². The van der Waals surface area contributed by atoms with Gasteiger partial charge in [0.1, 0.15) is 11.4 Å². The number of likely N-dealkylation sites (N-methyl/N-ethyl adjacent to an activating group) is 1. The summed E-state index contributed by atoms with van der Waals surface area (Å²) in [5.41, 5.74) is 2.67. The number of rotatable bonds is 5. The molecule has 10 heteroatoms. The van der Waals surface area contributed by atoms with Crippen molar-refractivity contribution in [1.82, 2.24) is 20.3 Å². The molecule has 0 aliphatic carbocycles. The molecule has 3 aromatic heterocycles. The Bertz CT molecular complexity index is 1290. The summed E-state index contributed by atoms with van der Waals surface area (Å²) in [6.45, 7) is 0. The Balaban J connectivity index is 1.78. The van der Waals surface area contributed by atoms with Crippen LogP contribution in [0.25, 0.3) is 33.3 Å². The number of ether oxygens (including phenoxy) is 1. The number of carbonyl (C=O) groups is 1. The van der Waals surface area contributed by atoms with Gasteiger partial charge in [-0.1, -0.05) is 18.2 Å². The van der Waals surface area contributed by atoms with Crippen molar-refractivity contribution < 1.29 is 27.8 Å². The van der Waals surface area contributed by atoms with Crippen LogP contribution in [0.15, 0.2) is 61.2 Å². The first kappa shape index (κ1) is 21.3. The van der Waals surface area contributed by atoms with E-state index in [2.05, 4.69) is 25.0 Å². The maximum absolute atomic E-state index is 12.8. The number of benzene rings is 1. The summed E-state index contributed by atoms with van der Waals surface area (Å²) in [5.74, 6) is -0.907. The zero-order valence-electron chi connectivity index (χ0n) is 16.6. The van der Waals surface area contributed by atoms with Crippen LogP contribution in [0.2, 0.25) is 0 Å². The summed E-state index contributed by atoms with van der Waals surface area (Å²) in [7, 11) is 1.41. The van der Waals surface area contributed by atoms with Crippen LogP contribution in [0, 0.1) is 0 Å². The van der Waals surface area contributed by atoms with E-state index in [1.54, 1.807) is 30.6 Å². The summed E-state index contributed by atoms with van der Waals surface area (Å²) >= 11 is 0. The standard InChI is InChI=1S/C22H17F3N4O3/c1-26-21(31)19(30)14-6-12(8-27-9-14)13-7-16-17(11-29-20(16)28-10-13)15-4-2-3-5-18(15)32-22(23,24)25/h2-11,19,30H,1H3,(H,26,31)(H,28,29). The van der Waals surface area contributed by atoms with E-state index in [9.17, 15) is 23.1 Å². The number of H-pyrrole nitrogens is 1. The van der Waals surface area contributed by atoms with Crippen molar-refractivity contribution >= 4 is 16.9 Å². The molecular weight excluding hydrogens is 425 g/mol. The Morgan fingerprint density at radius 3 is 2.62 bits per heavy atom. The zero-order valence-corrected chi connectivity index (χ0v) is 16.6. The van der Waals surface area contributed by atoms with Crippen LogP contribution < -0.4 is 10.1 Å². The van der Waals surface area contributed by atoms with Gasteiger partial charge in [0.25, 0.3) is 5.91 Å². The molecule has 0 radical (unpaired) electrons. The number of fused-ring (bicyclic) bond motifs is 1. The number of amides is 1. The maximum atomic E-state index is 12.8. The lowest BCUT2D eigenvalue weighted by Gasteiger charge is -2.13. The molecule has 1 aromatic carbocycles. The normalized spacial score (nSPS) is 12.5. The van der Waals surface area contributed by atoms with Crippen LogP contribution >= 0.6 is 0 Å². The predicted octanol–water partition coefficient (Wildman–Crippen LogP) is 3.97. The summed E-state index contributed by atoms with van der Waals surface area (Å²) in [6.07, 6.45) is -0.183. The first-order valence-corrected chi connectivity index (χ1v) is 9.44. The zero-order chi connectivity index (χ0) is 22.9. The van der Waals surface area contributed by atoms with Gasteiger partial charge in [-0.05, 0) is 18.2 Å². The molecular formula is C22H17F3N4O3. The monoisotopic (exact) mass is 442 g/mol. The predicted molar refractivity (Wildman–Crippen MR) is 110 cm³/mol. The molecule has 32 heavy (non-hydrogen) atoms. The molecule has 7 nitrogen and oxygen atoms in total. The Kier molecular flexibility index (Phi) is 5.54. The molecule has 4 rings (SSSR count). The van der Waals surface area contributed by atoms with Crippen molar-refractivity contribution in [1.29, 1.82) is 0 Å². The molecule has 0 saturated carbocycles. The minimum absolute atomic E-state index is 0.247. The van der Waals surface area contributed by atoms with E-state index in [4.69, 9.17) is 0 Å². The highest BCUT2D eigenvalue weighted by molar-refractivity contribution is 5.97. The van der Waals surface area contributed by atoms with Crippen molar-refractivity contribution in [2.24, 2.45) is 0 Å². The van der Waals surface area contributed by atoms with E-state index in [1.165, 1.54) is 37.6 Å². The Morgan fingerprint density at radius 2 is 1.88 bits per heavy atom. The number of aromatic nitrogens is 3. The Labute approximate surface area is 179 Å². The molecule has 1 unspecified atom stereocenters. The van der Waals surface area contributed by atoms with Gasteiger partial charge in [0.15, 0.2) is 6.10 Å². The summed E-state index contributed by atoms with van der Waals surface area (Å²) in [6, 6.07) is 9.18. The highest BCUT2D eigenvalue weighted by atomic mass is 19.4. The number of aliphatic hydroxyl groups is 1. The van der Waals surface area contributed by atoms with Gasteiger partial charge >= 0.3 is 6.36 Å². The molecule has 0 aliphatic rings. The number of carbonyl (C=O) groups excluding carboxylic acids is 1. The minimum atomic E-state index is -4.83. The Morgan fingerprint density at radius 1 is 1.12 bits per heavy atom. The molecule has 3 N–H and O–H groups in total. The lowest BCUT2D eigenvalue weighted by molar-refractivity contribution is -0.274. The lowest BCUT2D eigenvalue weighted by Crippen LogP contribution is -2.25. The fraction of sp³-hybridized carbons (Fsp3) is 0.136. The van der Waals surface area contributed by atoms with E-state index < -0.39 is 18.4 Å². The van der Waals surface area contributed by atoms with Gasteiger partial charge in [0.2, 0.25) is 0 Å². The van der Waals surface area contributed by atoms with E-state index >= 15 is 0 Å². The second-order valence-electron chi connectivity index (χ2n) is 6.89. The average Bonchev–Trinajstić information content (AvgIpc) is 3.20. The van der Waals surface area contributed by atoms with Crippen LogP contribution in [0.1, 0.15) is 11.7 Å². The van der Waals surface area contributed by atoms with Crippen LogP contribution in [-0.4, -0.2) is 39.4 Å². The molecule has 0 aliphatic heterocycles. The smallest absolute Gasteiger partial charge is 0.405 e. The summed E-state index contributed by atoms with van der Waals surface area (Å²) in [4.78, 5) is 23.1. The Hall–Kier alpha value is -3.92. The average molecular weight is 442 g/mol. The molecule has 0 saturated heterocycles. The number of halogens is 3. The second-order valence-corrected chi connectivity index (χ2v) is 6.89. The van der Waals surface area contributed by atoms with Crippen molar-refractivity contribution in [3.63, 3.8) is 0 Å². The van der Waals surface area contributed by atoms with Gasteiger partial charge in [-0.2, -0.15) is 0 Å². The summed E-state index contributed by atoms with van der Waals surface area (Å²) in [5, 5.41) is 13.1. The summed E-state index contributed by atoms with van der Waals surface area (Å²) < 4.78 is 42.7. The van der Waals surface area contributed by atoms with Crippen LogP contribution in [-0.2, 0) is 4.79 Å². The van der Waals surface area contributed by atoms with Crippen molar-refractivity contribution in [3.8, 4) is 28.0 Å². The number of hydrogen-bond acceptors (Lipinski definition) is 5. The molecule has 0 fully saturated rings. The molecule has 1 atom stereocenters. The van der Waals surface area contributed by atoms with Gasteiger partial charge in [-0.25, -0.2) is 4.98 Å². The first-order chi connectivity index (χ1) is 15.3. The van der Waals surface area contributed by atoms with Gasteiger partial charge in [0.05, 0.1) is 0 Å². The van der Waals surface area contributed by atoms with Crippen LogP contribution in [0.3, 0.4) is 0 Å². The molecule has 0 spiro atoms. The fourth-order valence-corrected chi connectivity index (χ4v) is 3.34. The molecule has 1 amide bonds.